The first-order valence-electron chi connectivity index (χ1n) is 9.76. The van der Waals surface area contributed by atoms with E-state index in [1.807, 2.05) is 31.2 Å². The third kappa shape index (κ3) is 4.80. The number of rotatable bonds is 7. The topological polar surface area (TPSA) is 79.0 Å². The average molecular weight is 396 g/mol. The highest BCUT2D eigenvalue weighted by molar-refractivity contribution is 7.86. The van der Waals surface area contributed by atoms with Crippen LogP contribution in [-0.4, -0.2) is 55.7 Å². The first-order valence-corrected chi connectivity index (χ1v) is 11.2. The number of piperidine rings is 1. The predicted octanol–water partition coefficient (Wildman–Crippen LogP) is 1.75. The van der Waals surface area contributed by atoms with Gasteiger partial charge in [0, 0.05) is 44.2 Å². The van der Waals surface area contributed by atoms with E-state index in [1.165, 1.54) is 4.31 Å². The maximum Gasteiger partial charge on any atom is 0.281 e. The van der Waals surface area contributed by atoms with Gasteiger partial charge >= 0.3 is 0 Å². The molecule has 0 saturated carbocycles. The predicted molar refractivity (Wildman–Crippen MR) is 103 cm³/mol. The summed E-state index contributed by atoms with van der Waals surface area (Å²) < 4.78 is 33.9. The van der Waals surface area contributed by atoms with E-state index in [1.54, 1.807) is 4.31 Å². The maximum absolute atomic E-state index is 12.6. The van der Waals surface area contributed by atoms with Gasteiger partial charge in [0.2, 0.25) is 5.91 Å². The zero-order valence-electron chi connectivity index (χ0n) is 15.9. The Balaban J connectivity index is 1.50. The van der Waals surface area contributed by atoms with Crippen LogP contribution in [-0.2, 0) is 21.5 Å². The lowest BCUT2D eigenvalue weighted by molar-refractivity contribution is -0.126. The Morgan fingerprint density at radius 3 is 2.41 bits per heavy atom. The zero-order valence-corrected chi connectivity index (χ0v) is 16.7. The van der Waals surface area contributed by atoms with Crippen molar-refractivity contribution in [2.75, 3.05) is 32.8 Å². The van der Waals surface area contributed by atoms with Gasteiger partial charge in [-0.2, -0.15) is 17.0 Å². The summed E-state index contributed by atoms with van der Waals surface area (Å²) >= 11 is 0. The first-order chi connectivity index (χ1) is 13.0. The number of ether oxygens (including phenoxy) is 1. The van der Waals surface area contributed by atoms with Gasteiger partial charge in [-0.05, 0) is 38.7 Å². The summed E-state index contributed by atoms with van der Waals surface area (Å²) in [6.07, 6.45) is 2.99. The lowest BCUT2D eigenvalue weighted by Crippen LogP contribution is -2.48. The molecule has 1 N–H and O–H groups in total. The van der Waals surface area contributed by atoms with Crippen molar-refractivity contribution in [3.8, 4) is 5.75 Å². The highest BCUT2D eigenvalue weighted by atomic mass is 32.2. The van der Waals surface area contributed by atoms with Gasteiger partial charge in [0.15, 0.2) is 0 Å². The summed E-state index contributed by atoms with van der Waals surface area (Å²) in [4.78, 5) is 12.5. The molecule has 8 heteroatoms. The van der Waals surface area contributed by atoms with E-state index in [-0.39, 0.29) is 11.8 Å². The molecular formula is C19H29N3O4S. The highest BCUT2D eigenvalue weighted by Gasteiger charge is 2.35. The van der Waals surface area contributed by atoms with E-state index < -0.39 is 10.2 Å². The molecule has 2 aliphatic rings. The second kappa shape index (κ2) is 9.03. The Labute approximate surface area is 161 Å². The summed E-state index contributed by atoms with van der Waals surface area (Å²) in [6, 6.07) is 7.67. The van der Waals surface area contributed by atoms with E-state index in [0.717, 1.165) is 24.2 Å². The van der Waals surface area contributed by atoms with Crippen molar-refractivity contribution in [3.05, 3.63) is 29.8 Å². The molecule has 0 unspecified atom stereocenters. The zero-order chi connectivity index (χ0) is 19.3. The van der Waals surface area contributed by atoms with Crippen molar-refractivity contribution in [2.24, 2.45) is 5.92 Å². The smallest absolute Gasteiger partial charge is 0.281 e. The van der Waals surface area contributed by atoms with E-state index >= 15 is 0 Å². The van der Waals surface area contributed by atoms with Crippen LogP contribution in [0.2, 0.25) is 0 Å². The minimum Gasteiger partial charge on any atom is -0.494 e. The largest absolute Gasteiger partial charge is 0.494 e. The van der Waals surface area contributed by atoms with Crippen molar-refractivity contribution in [1.82, 2.24) is 13.9 Å². The van der Waals surface area contributed by atoms with Crippen LogP contribution < -0.4 is 10.1 Å². The lowest BCUT2D eigenvalue weighted by Gasteiger charge is -2.33. The monoisotopic (exact) mass is 395 g/mol. The number of carbonyl (C=O) groups excluding carboxylic acids is 1. The maximum atomic E-state index is 12.6. The van der Waals surface area contributed by atoms with Gasteiger partial charge in [-0.1, -0.05) is 18.2 Å². The molecule has 7 nitrogen and oxygen atoms in total. The Morgan fingerprint density at radius 2 is 1.74 bits per heavy atom. The van der Waals surface area contributed by atoms with E-state index in [9.17, 15) is 13.2 Å². The Kier molecular flexibility index (Phi) is 6.73. The van der Waals surface area contributed by atoms with Crippen LogP contribution in [0.15, 0.2) is 24.3 Å². The number of hydrogen-bond acceptors (Lipinski definition) is 4. The Bertz CT molecular complexity index is 739. The molecule has 0 radical (unpaired) electrons. The minimum atomic E-state index is -3.36. The van der Waals surface area contributed by atoms with Crippen molar-refractivity contribution >= 4 is 16.1 Å². The molecule has 0 aromatic heterocycles. The number of benzene rings is 1. The highest BCUT2D eigenvalue weighted by Crippen LogP contribution is 2.24. The fourth-order valence-corrected chi connectivity index (χ4v) is 5.42. The van der Waals surface area contributed by atoms with Crippen molar-refractivity contribution in [3.63, 3.8) is 0 Å². The molecule has 2 aliphatic heterocycles. The summed E-state index contributed by atoms with van der Waals surface area (Å²) in [5, 5.41) is 2.98. The SMILES string of the molecule is CCOc1ccccc1CNC(=O)C1CCN(S(=O)(=O)N2CCCC2)CC1. The molecule has 0 spiro atoms. The second-order valence-electron chi connectivity index (χ2n) is 7.05. The molecule has 1 amide bonds. The van der Waals surface area contributed by atoms with Gasteiger partial charge in [-0.25, -0.2) is 0 Å². The van der Waals surface area contributed by atoms with E-state index in [4.69, 9.17) is 4.74 Å². The first kappa shape index (κ1) is 20.1. The van der Waals surface area contributed by atoms with Crippen LogP contribution in [0.25, 0.3) is 0 Å². The standard InChI is InChI=1S/C19H29N3O4S/c1-2-26-18-8-4-3-7-17(18)15-20-19(23)16-9-13-22(14-10-16)27(24,25)21-11-5-6-12-21/h3-4,7-8,16H,2,5-6,9-15H2,1H3,(H,20,23). The molecule has 2 heterocycles. The average Bonchev–Trinajstić information content (AvgIpc) is 3.23. The van der Waals surface area contributed by atoms with E-state index in [0.29, 0.717) is 52.2 Å². The van der Waals surface area contributed by atoms with Crippen molar-refractivity contribution in [2.45, 2.75) is 39.2 Å². The summed E-state index contributed by atoms with van der Waals surface area (Å²) in [7, 11) is -3.36. The number of nitrogens with zero attached hydrogens (tertiary/aromatic N) is 2. The summed E-state index contributed by atoms with van der Waals surface area (Å²) in [6.45, 7) is 4.97. The molecule has 0 atom stereocenters. The van der Waals surface area contributed by atoms with Gasteiger partial charge in [0.05, 0.1) is 6.61 Å². The third-order valence-electron chi connectivity index (χ3n) is 5.27. The number of hydrogen-bond donors (Lipinski definition) is 1. The Morgan fingerprint density at radius 1 is 1.11 bits per heavy atom. The van der Waals surface area contributed by atoms with Gasteiger partial charge in [0.25, 0.3) is 10.2 Å². The van der Waals surface area contributed by atoms with Crippen LogP contribution in [0.3, 0.4) is 0 Å². The molecule has 1 aromatic carbocycles. The van der Waals surface area contributed by atoms with Gasteiger partial charge in [-0.15, -0.1) is 0 Å². The number of amides is 1. The van der Waals surface area contributed by atoms with Crippen LogP contribution in [0, 0.1) is 5.92 Å². The Hall–Kier alpha value is -1.64. The van der Waals surface area contributed by atoms with Crippen LogP contribution in [0.1, 0.15) is 38.2 Å². The molecule has 1 aromatic rings. The molecule has 2 saturated heterocycles. The van der Waals surface area contributed by atoms with Gasteiger partial charge in [-0.3, -0.25) is 4.79 Å². The van der Waals surface area contributed by atoms with Crippen molar-refractivity contribution < 1.29 is 17.9 Å². The molecule has 3 rings (SSSR count). The second-order valence-corrected chi connectivity index (χ2v) is 8.97. The summed E-state index contributed by atoms with van der Waals surface area (Å²) in [5.41, 5.74) is 0.946. The van der Waals surface area contributed by atoms with E-state index in [2.05, 4.69) is 5.32 Å². The van der Waals surface area contributed by atoms with Crippen LogP contribution in [0.5, 0.6) is 5.75 Å². The third-order valence-corrected chi connectivity index (χ3v) is 7.30. The summed E-state index contributed by atoms with van der Waals surface area (Å²) in [5.74, 6) is 0.626. The molecule has 150 valence electrons. The number of carbonyl (C=O) groups is 1. The fourth-order valence-electron chi connectivity index (χ4n) is 3.70. The van der Waals surface area contributed by atoms with Crippen LogP contribution >= 0.6 is 0 Å². The fraction of sp³-hybridized carbons (Fsp3) is 0.632. The molecule has 27 heavy (non-hydrogen) atoms. The minimum absolute atomic E-state index is 0.0143. The number of nitrogens with one attached hydrogen (secondary N) is 1. The van der Waals surface area contributed by atoms with Crippen molar-refractivity contribution in [1.29, 1.82) is 0 Å². The normalized spacial score (nSPS) is 19.9. The lowest BCUT2D eigenvalue weighted by atomic mass is 9.97. The van der Waals surface area contributed by atoms with Gasteiger partial charge < -0.3 is 10.1 Å². The molecule has 0 bridgehead atoms. The quantitative estimate of drug-likeness (QED) is 0.763. The van der Waals surface area contributed by atoms with Crippen LogP contribution in [0.4, 0.5) is 0 Å². The van der Waals surface area contributed by atoms with Gasteiger partial charge in [0.1, 0.15) is 5.75 Å². The molecule has 2 fully saturated rings. The molecule has 0 aliphatic carbocycles. The number of para-hydroxylation sites is 1. The molecular weight excluding hydrogens is 366 g/mol.